The zero-order chi connectivity index (χ0) is 10.1. The van der Waals surface area contributed by atoms with E-state index in [-0.39, 0.29) is 0 Å². The molecule has 3 nitrogen and oxygen atoms in total. The van der Waals surface area contributed by atoms with Crippen LogP contribution >= 0.6 is 0 Å². The van der Waals surface area contributed by atoms with Gasteiger partial charge in [0.15, 0.2) is 0 Å². The third-order valence-electron chi connectivity index (χ3n) is 2.25. The highest BCUT2D eigenvalue weighted by Gasteiger charge is 2.03. The van der Waals surface area contributed by atoms with Gasteiger partial charge in [0, 0.05) is 17.0 Å². The molecule has 0 N–H and O–H groups in total. The predicted molar refractivity (Wildman–Crippen MR) is 56.1 cm³/mol. The van der Waals surface area contributed by atoms with Crippen LogP contribution in [0.3, 0.4) is 0 Å². The average Bonchev–Trinajstić information content (AvgIpc) is 2.82. The molecule has 0 saturated carbocycles. The third kappa shape index (κ3) is 1.38. The Morgan fingerprint density at radius 2 is 2.07 bits per heavy atom. The molecule has 0 unspecified atom stereocenters. The number of para-hydroxylation sites is 1. The minimum Gasteiger partial charge on any atom is -0.364 e. The van der Waals surface area contributed by atoms with Gasteiger partial charge in [-0.15, -0.1) is 0 Å². The second-order valence-corrected chi connectivity index (χ2v) is 3.23. The summed E-state index contributed by atoms with van der Waals surface area (Å²) in [7, 11) is 0. The van der Waals surface area contributed by atoms with Gasteiger partial charge < -0.3 is 4.52 Å². The highest BCUT2D eigenvalue weighted by atomic mass is 16.5. The van der Waals surface area contributed by atoms with Crippen molar-refractivity contribution in [3.8, 4) is 11.3 Å². The zero-order valence-electron chi connectivity index (χ0n) is 7.84. The molecule has 1 radical (unpaired) electrons. The van der Waals surface area contributed by atoms with Crippen LogP contribution in [0.2, 0.25) is 0 Å². The van der Waals surface area contributed by atoms with Crippen molar-refractivity contribution in [3.05, 3.63) is 48.9 Å². The third-order valence-corrected chi connectivity index (χ3v) is 2.25. The lowest BCUT2D eigenvalue weighted by Gasteiger charge is -1.97. The van der Waals surface area contributed by atoms with Crippen LogP contribution in [0.15, 0.2) is 47.2 Å². The van der Waals surface area contributed by atoms with E-state index in [9.17, 15) is 0 Å². The maximum Gasteiger partial charge on any atom is 0.124 e. The van der Waals surface area contributed by atoms with Gasteiger partial charge in [-0.3, -0.25) is 0 Å². The van der Waals surface area contributed by atoms with E-state index in [4.69, 9.17) is 4.52 Å². The highest BCUT2D eigenvalue weighted by Crippen LogP contribution is 2.20. The molecule has 0 aliphatic rings. The SMILES string of the molecule is [c]1nc2ccccc2cc1-c1ccon1. The molecule has 1 aromatic carbocycles. The molecule has 0 spiro atoms. The highest BCUT2D eigenvalue weighted by molar-refractivity contribution is 5.82. The lowest BCUT2D eigenvalue weighted by Crippen LogP contribution is -1.82. The van der Waals surface area contributed by atoms with Crippen LogP contribution < -0.4 is 0 Å². The number of benzene rings is 1. The molecule has 0 aliphatic heterocycles. The molecule has 0 amide bonds. The number of hydrogen-bond acceptors (Lipinski definition) is 3. The van der Waals surface area contributed by atoms with Crippen molar-refractivity contribution in [2.24, 2.45) is 0 Å². The molecular formula is C12H7N2O. The second-order valence-electron chi connectivity index (χ2n) is 3.23. The minimum atomic E-state index is 0.758. The van der Waals surface area contributed by atoms with Gasteiger partial charge in [0.25, 0.3) is 0 Å². The summed E-state index contributed by atoms with van der Waals surface area (Å²) < 4.78 is 4.78. The normalized spacial score (nSPS) is 10.7. The van der Waals surface area contributed by atoms with E-state index < -0.39 is 0 Å². The smallest absolute Gasteiger partial charge is 0.124 e. The predicted octanol–water partition coefficient (Wildman–Crippen LogP) is 2.69. The van der Waals surface area contributed by atoms with E-state index in [1.807, 2.05) is 30.3 Å². The van der Waals surface area contributed by atoms with Gasteiger partial charge in [0.1, 0.15) is 12.0 Å². The number of rotatable bonds is 1. The molecule has 0 saturated heterocycles. The van der Waals surface area contributed by atoms with E-state index in [1.54, 1.807) is 12.3 Å². The van der Waals surface area contributed by atoms with E-state index >= 15 is 0 Å². The molecule has 0 aliphatic carbocycles. The van der Waals surface area contributed by atoms with Crippen LogP contribution in [0, 0.1) is 6.20 Å². The molecule has 71 valence electrons. The Morgan fingerprint density at radius 3 is 2.93 bits per heavy atom. The standard InChI is InChI=1S/C12H7N2O/c1-2-4-11-9(3-1)7-10(8-13-11)12-5-6-15-14-12/h1-7H. The molecule has 15 heavy (non-hydrogen) atoms. The monoisotopic (exact) mass is 195 g/mol. The molecule has 2 aromatic heterocycles. The fraction of sp³-hybridized carbons (Fsp3) is 0. The summed E-state index contributed by atoms with van der Waals surface area (Å²) in [6, 6.07) is 11.7. The van der Waals surface area contributed by atoms with Gasteiger partial charge in [0.05, 0.1) is 11.7 Å². The number of nitrogens with zero attached hydrogens (tertiary/aromatic N) is 2. The Labute approximate surface area is 86.4 Å². The lowest BCUT2D eigenvalue weighted by atomic mass is 10.1. The summed E-state index contributed by atoms with van der Waals surface area (Å²) in [6.07, 6.45) is 4.48. The molecule has 3 aromatic rings. The Bertz CT molecular complexity index is 587. The fourth-order valence-electron chi connectivity index (χ4n) is 1.50. The topological polar surface area (TPSA) is 38.9 Å². The molecule has 0 atom stereocenters. The molecular weight excluding hydrogens is 188 g/mol. The van der Waals surface area contributed by atoms with E-state index in [2.05, 4.69) is 16.3 Å². The summed E-state index contributed by atoms with van der Waals surface area (Å²) >= 11 is 0. The van der Waals surface area contributed by atoms with Crippen molar-refractivity contribution in [3.63, 3.8) is 0 Å². The number of fused-ring (bicyclic) bond motifs is 1. The molecule has 0 bridgehead atoms. The Hall–Kier alpha value is -2.16. The summed E-state index contributed by atoms with van der Waals surface area (Å²) in [5.74, 6) is 0. The number of hydrogen-bond donors (Lipinski definition) is 0. The quantitative estimate of drug-likeness (QED) is 0.599. The molecule has 2 heterocycles. The summed E-state index contributed by atoms with van der Waals surface area (Å²) in [5, 5.41) is 4.93. The van der Waals surface area contributed by atoms with Crippen LogP contribution in [-0.2, 0) is 0 Å². The Kier molecular flexibility index (Phi) is 1.75. The molecule has 0 fully saturated rings. The first-order chi connectivity index (χ1) is 7.43. The number of pyridine rings is 1. The maximum atomic E-state index is 4.78. The van der Waals surface area contributed by atoms with Crippen LogP contribution in [-0.4, -0.2) is 10.1 Å². The first kappa shape index (κ1) is 8.17. The molecule has 3 heteroatoms. The summed E-state index contributed by atoms with van der Waals surface area (Å²) in [5.41, 5.74) is 2.54. The fourth-order valence-corrected chi connectivity index (χ4v) is 1.50. The van der Waals surface area contributed by atoms with Crippen molar-refractivity contribution in [1.82, 2.24) is 10.1 Å². The number of aromatic nitrogens is 2. The van der Waals surface area contributed by atoms with Gasteiger partial charge in [-0.2, -0.15) is 0 Å². The van der Waals surface area contributed by atoms with Gasteiger partial charge >= 0.3 is 0 Å². The van der Waals surface area contributed by atoms with Gasteiger partial charge in [0.2, 0.25) is 0 Å². The van der Waals surface area contributed by atoms with Crippen molar-refractivity contribution in [2.75, 3.05) is 0 Å². The van der Waals surface area contributed by atoms with Gasteiger partial charge in [-0.05, 0) is 12.1 Å². The minimum absolute atomic E-state index is 0.758. The van der Waals surface area contributed by atoms with Crippen molar-refractivity contribution in [2.45, 2.75) is 0 Å². The van der Waals surface area contributed by atoms with Crippen molar-refractivity contribution < 1.29 is 4.52 Å². The van der Waals surface area contributed by atoms with Crippen molar-refractivity contribution in [1.29, 1.82) is 0 Å². The Morgan fingerprint density at radius 1 is 1.13 bits per heavy atom. The van der Waals surface area contributed by atoms with E-state index in [1.165, 1.54) is 0 Å². The first-order valence-corrected chi connectivity index (χ1v) is 4.62. The first-order valence-electron chi connectivity index (χ1n) is 4.62. The van der Waals surface area contributed by atoms with E-state index in [0.717, 1.165) is 22.2 Å². The largest absolute Gasteiger partial charge is 0.364 e. The molecule has 3 rings (SSSR count). The van der Waals surface area contributed by atoms with E-state index in [0.29, 0.717) is 0 Å². The second kappa shape index (κ2) is 3.20. The van der Waals surface area contributed by atoms with Gasteiger partial charge in [-0.1, -0.05) is 23.4 Å². The zero-order valence-corrected chi connectivity index (χ0v) is 7.84. The van der Waals surface area contributed by atoms with Crippen molar-refractivity contribution >= 4 is 10.9 Å². The Balaban J connectivity index is 2.22. The van der Waals surface area contributed by atoms with Crippen LogP contribution in [0.25, 0.3) is 22.2 Å². The lowest BCUT2D eigenvalue weighted by molar-refractivity contribution is 0.422. The summed E-state index contributed by atoms with van der Waals surface area (Å²) in [6.45, 7) is 0. The van der Waals surface area contributed by atoms with Gasteiger partial charge in [-0.25, -0.2) is 4.98 Å². The maximum absolute atomic E-state index is 4.78. The van der Waals surface area contributed by atoms with Crippen LogP contribution in [0.5, 0.6) is 0 Å². The van der Waals surface area contributed by atoms with Crippen LogP contribution in [0.1, 0.15) is 0 Å². The average molecular weight is 195 g/mol. The summed E-state index contributed by atoms with van der Waals surface area (Å²) in [4.78, 5) is 4.23. The van der Waals surface area contributed by atoms with Crippen LogP contribution in [0.4, 0.5) is 0 Å².